The van der Waals surface area contributed by atoms with Crippen LogP contribution in [0.1, 0.15) is 55.0 Å². The van der Waals surface area contributed by atoms with E-state index < -0.39 is 0 Å². The predicted octanol–water partition coefficient (Wildman–Crippen LogP) is 4.93. The van der Waals surface area contributed by atoms with Gasteiger partial charge in [0.05, 0.1) is 4.34 Å². The SMILES string of the molecule is Cc1cc(C(N)C(C2CCC2)C2CCC2)sc1Cl. The van der Waals surface area contributed by atoms with Crippen molar-refractivity contribution in [2.24, 2.45) is 23.5 Å². The van der Waals surface area contributed by atoms with Gasteiger partial charge in [-0.2, -0.15) is 0 Å². The van der Waals surface area contributed by atoms with Crippen molar-refractivity contribution < 1.29 is 0 Å². The van der Waals surface area contributed by atoms with Crippen molar-refractivity contribution in [1.82, 2.24) is 0 Å². The molecule has 1 aromatic rings. The summed E-state index contributed by atoms with van der Waals surface area (Å²) in [4.78, 5) is 1.31. The lowest BCUT2D eigenvalue weighted by Crippen LogP contribution is -2.39. The minimum atomic E-state index is 0.219. The highest BCUT2D eigenvalue weighted by Crippen LogP contribution is 2.50. The highest BCUT2D eigenvalue weighted by Gasteiger charge is 2.40. The molecule has 0 amide bonds. The Balaban J connectivity index is 1.80. The molecule has 0 bridgehead atoms. The zero-order valence-electron chi connectivity index (χ0n) is 11.0. The molecule has 2 saturated carbocycles. The second kappa shape index (κ2) is 5.15. The molecule has 0 spiro atoms. The summed E-state index contributed by atoms with van der Waals surface area (Å²) < 4.78 is 0.918. The van der Waals surface area contributed by atoms with Crippen molar-refractivity contribution in [1.29, 1.82) is 0 Å². The van der Waals surface area contributed by atoms with E-state index in [9.17, 15) is 0 Å². The topological polar surface area (TPSA) is 26.0 Å². The van der Waals surface area contributed by atoms with Crippen LogP contribution in [-0.2, 0) is 0 Å². The molecule has 3 rings (SSSR count). The lowest BCUT2D eigenvalue weighted by Gasteiger charge is -2.45. The number of hydrogen-bond acceptors (Lipinski definition) is 2. The number of hydrogen-bond donors (Lipinski definition) is 1. The molecule has 1 nitrogen and oxygen atoms in total. The fraction of sp³-hybridized carbons (Fsp3) is 0.733. The maximum Gasteiger partial charge on any atom is 0.0960 e. The predicted molar refractivity (Wildman–Crippen MR) is 79.2 cm³/mol. The first-order valence-corrected chi connectivity index (χ1v) is 8.37. The molecule has 2 aliphatic rings. The number of aryl methyl sites for hydroxylation is 1. The van der Waals surface area contributed by atoms with E-state index >= 15 is 0 Å². The van der Waals surface area contributed by atoms with Crippen LogP contribution in [0.4, 0.5) is 0 Å². The van der Waals surface area contributed by atoms with Gasteiger partial charge < -0.3 is 5.73 Å². The quantitative estimate of drug-likeness (QED) is 0.833. The molecule has 18 heavy (non-hydrogen) atoms. The third-order valence-electron chi connectivity index (χ3n) is 5.01. The van der Waals surface area contributed by atoms with Gasteiger partial charge in [0.25, 0.3) is 0 Å². The zero-order valence-corrected chi connectivity index (χ0v) is 12.6. The van der Waals surface area contributed by atoms with Crippen LogP contribution < -0.4 is 5.73 Å². The van der Waals surface area contributed by atoms with E-state index in [1.54, 1.807) is 11.3 Å². The molecule has 0 aromatic carbocycles. The van der Waals surface area contributed by atoms with Crippen LogP contribution in [0.3, 0.4) is 0 Å². The molecule has 0 aliphatic heterocycles. The number of thiophene rings is 1. The number of rotatable bonds is 4. The van der Waals surface area contributed by atoms with Crippen molar-refractivity contribution >= 4 is 22.9 Å². The average molecular weight is 284 g/mol. The van der Waals surface area contributed by atoms with Gasteiger partial charge >= 0.3 is 0 Å². The standard InChI is InChI=1S/C15H22ClNS/c1-9-8-12(18-15(9)16)14(17)13(10-4-2-5-10)11-6-3-7-11/h8,10-11,13-14H,2-7,17H2,1H3. The Labute approximate surface area is 119 Å². The molecule has 2 N–H and O–H groups in total. The van der Waals surface area contributed by atoms with Crippen LogP contribution in [0.2, 0.25) is 4.34 Å². The van der Waals surface area contributed by atoms with Gasteiger partial charge in [-0.05, 0) is 36.3 Å². The Hall–Kier alpha value is -0.0500. The molecule has 1 atom stereocenters. The van der Waals surface area contributed by atoms with E-state index in [-0.39, 0.29) is 6.04 Å². The van der Waals surface area contributed by atoms with Crippen LogP contribution in [-0.4, -0.2) is 0 Å². The van der Waals surface area contributed by atoms with E-state index in [2.05, 4.69) is 13.0 Å². The third kappa shape index (κ3) is 2.23. The van der Waals surface area contributed by atoms with Crippen molar-refractivity contribution in [2.45, 2.75) is 51.5 Å². The molecular formula is C15H22ClNS. The molecule has 0 saturated heterocycles. The summed E-state index contributed by atoms with van der Waals surface area (Å²) >= 11 is 7.89. The molecule has 0 radical (unpaired) electrons. The summed E-state index contributed by atoms with van der Waals surface area (Å²) in [6, 6.07) is 2.43. The van der Waals surface area contributed by atoms with Gasteiger partial charge in [-0.25, -0.2) is 0 Å². The second-order valence-electron chi connectivity index (χ2n) is 6.09. The zero-order chi connectivity index (χ0) is 12.7. The van der Waals surface area contributed by atoms with Crippen molar-refractivity contribution in [3.8, 4) is 0 Å². The average Bonchev–Trinajstić information content (AvgIpc) is 2.52. The minimum Gasteiger partial charge on any atom is -0.323 e. The lowest BCUT2D eigenvalue weighted by molar-refractivity contribution is 0.0722. The Bertz CT molecular complexity index is 387. The molecule has 1 heterocycles. The Morgan fingerprint density at radius 1 is 1.22 bits per heavy atom. The van der Waals surface area contributed by atoms with E-state index in [0.717, 1.165) is 16.2 Å². The monoisotopic (exact) mass is 283 g/mol. The van der Waals surface area contributed by atoms with Gasteiger partial charge in [0.1, 0.15) is 0 Å². The first-order valence-electron chi connectivity index (χ1n) is 7.18. The maximum atomic E-state index is 6.59. The maximum absolute atomic E-state index is 6.59. The molecule has 3 heteroatoms. The second-order valence-corrected chi connectivity index (χ2v) is 7.78. The summed E-state index contributed by atoms with van der Waals surface area (Å²) in [7, 11) is 0. The number of halogens is 1. The Kier molecular flexibility index (Phi) is 3.70. The summed E-state index contributed by atoms with van der Waals surface area (Å²) in [5.74, 6) is 2.47. The normalized spacial score (nSPS) is 22.9. The first-order chi connectivity index (χ1) is 8.66. The lowest BCUT2D eigenvalue weighted by atomic mass is 9.62. The molecular weight excluding hydrogens is 262 g/mol. The van der Waals surface area contributed by atoms with Crippen LogP contribution in [0.25, 0.3) is 0 Å². The van der Waals surface area contributed by atoms with Crippen LogP contribution in [0.15, 0.2) is 6.07 Å². The van der Waals surface area contributed by atoms with Gasteiger partial charge in [-0.15, -0.1) is 11.3 Å². The first kappa shape index (κ1) is 13.0. The van der Waals surface area contributed by atoms with E-state index in [1.165, 1.54) is 49.0 Å². The van der Waals surface area contributed by atoms with Crippen molar-refractivity contribution in [3.05, 3.63) is 20.8 Å². The Morgan fingerprint density at radius 2 is 1.78 bits per heavy atom. The summed E-state index contributed by atoms with van der Waals surface area (Å²) in [6.45, 7) is 2.08. The fourth-order valence-corrected chi connectivity index (χ4v) is 4.74. The van der Waals surface area contributed by atoms with Crippen LogP contribution in [0, 0.1) is 24.7 Å². The van der Waals surface area contributed by atoms with Gasteiger partial charge in [0.2, 0.25) is 0 Å². The van der Waals surface area contributed by atoms with Gasteiger partial charge in [0.15, 0.2) is 0 Å². The van der Waals surface area contributed by atoms with Crippen LogP contribution >= 0.6 is 22.9 Å². The fourth-order valence-electron chi connectivity index (χ4n) is 3.46. The van der Waals surface area contributed by atoms with Crippen LogP contribution in [0.5, 0.6) is 0 Å². The smallest absolute Gasteiger partial charge is 0.0960 e. The third-order valence-corrected chi connectivity index (χ3v) is 6.66. The van der Waals surface area contributed by atoms with E-state index in [4.69, 9.17) is 17.3 Å². The van der Waals surface area contributed by atoms with Gasteiger partial charge in [0, 0.05) is 10.9 Å². The molecule has 2 fully saturated rings. The van der Waals surface area contributed by atoms with Crippen molar-refractivity contribution in [2.75, 3.05) is 0 Å². The largest absolute Gasteiger partial charge is 0.323 e. The van der Waals surface area contributed by atoms with E-state index in [1.807, 2.05) is 0 Å². The van der Waals surface area contributed by atoms with E-state index in [0.29, 0.717) is 5.92 Å². The highest BCUT2D eigenvalue weighted by molar-refractivity contribution is 7.16. The molecule has 1 aromatic heterocycles. The molecule has 100 valence electrons. The highest BCUT2D eigenvalue weighted by atomic mass is 35.5. The summed E-state index contributed by atoms with van der Waals surface area (Å²) in [6.07, 6.45) is 8.40. The molecule has 1 unspecified atom stereocenters. The van der Waals surface area contributed by atoms with Gasteiger partial charge in [-0.1, -0.05) is 50.1 Å². The Morgan fingerprint density at radius 3 is 2.11 bits per heavy atom. The number of nitrogens with two attached hydrogens (primary N) is 1. The summed E-state index contributed by atoms with van der Waals surface area (Å²) in [5.41, 5.74) is 7.78. The minimum absolute atomic E-state index is 0.219. The van der Waals surface area contributed by atoms with Gasteiger partial charge in [-0.3, -0.25) is 0 Å². The van der Waals surface area contributed by atoms with Crippen molar-refractivity contribution in [3.63, 3.8) is 0 Å². The summed E-state index contributed by atoms with van der Waals surface area (Å²) in [5, 5.41) is 0. The molecule has 2 aliphatic carbocycles.